The van der Waals surface area contributed by atoms with E-state index < -0.39 is 45.9 Å². The summed E-state index contributed by atoms with van der Waals surface area (Å²) in [7, 11) is -1.32. The molecule has 0 heterocycles. The van der Waals surface area contributed by atoms with Crippen molar-refractivity contribution in [2.75, 3.05) is 27.2 Å². The quantitative estimate of drug-likeness (QED) is 0.647. The summed E-state index contributed by atoms with van der Waals surface area (Å²) < 4.78 is 43.5. The molecule has 0 radical (unpaired) electrons. The number of amides is 3. The molecule has 0 aliphatic rings. The standard InChI is InChI=1S/C16H22FN3O6S/c1-10(2)8-18-16(23)19-14(21)9-26-15(22)12-7-11(5-6-13(12)17)27(24,25)20(3)4/h5-7,10H,8-9H2,1-4H3,(H2,18,19,21,23). The van der Waals surface area contributed by atoms with Gasteiger partial charge in [-0.3, -0.25) is 10.1 Å². The Kier molecular flexibility index (Phi) is 7.85. The van der Waals surface area contributed by atoms with E-state index in [0.717, 1.165) is 22.5 Å². The molecule has 150 valence electrons. The highest BCUT2D eigenvalue weighted by atomic mass is 32.2. The molecule has 0 unspecified atom stereocenters. The summed E-state index contributed by atoms with van der Waals surface area (Å²) in [5, 5.41) is 4.38. The smallest absolute Gasteiger partial charge is 0.341 e. The van der Waals surface area contributed by atoms with Crippen molar-refractivity contribution < 1.29 is 31.9 Å². The maximum absolute atomic E-state index is 13.8. The van der Waals surface area contributed by atoms with Crippen LogP contribution in [0, 0.1) is 11.7 Å². The number of urea groups is 1. The number of hydrogen-bond acceptors (Lipinski definition) is 6. The summed E-state index contributed by atoms with van der Waals surface area (Å²) in [6.45, 7) is 3.24. The first-order valence-electron chi connectivity index (χ1n) is 7.92. The van der Waals surface area contributed by atoms with Gasteiger partial charge in [-0.1, -0.05) is 13.8 Å². The second-order valence-corrected chi connectivity index (χ2v) is 8.31. The van der Waals surface area contributed by atoms with Gasteiger partial charge in [0.25, 0.3) is 5.91 Å². The monoisotopic (exact) mass is 403 g/mol. The predicted molar refractivity (Wildman–Crippen MR) is 93.9 cm³/mol. The molecule has 0 fully saturated rings. The van der Waals surface area contributed by atoms with Gasteiger partial charge in [0.05, 0.1) is 10.5 Å². The average molecular weight is 403 g/mol. The summed E-state index contributed by atoms with van der Waals surface area (Å²) in [5.41, 5.74) is -0.644. The van der Waals surface area contributed by atoms with E-state index in [0.29, 0.717) is 6.54 Å². The number of ether oxygens (including phenoxy) is 1. The number of carbonyl (C=O) groups is 3. The van der Waals surface area contributed by atoms with Crippen molar-refractivity contribution in [1.82, 2.24) is 14.9 Å². The lowest BCUT2D eigenvalue weighted by molar-refractivity contribution is -0.123. The van der Waals surface area contributed by atoms with Gasteiger partial charge in [0.15, 0.2) is 6.61 Å². The van der Waals surface area contributed by atoms with Gasteiger partial charge in [-0.05, 0) is 24.1 Å². The molecule has 0 spiro atoms. The van der Waals surface area contributed by atoms with Crippen LogP contribution in [-0.2, 0) is 19.6 Å². The second kappa shape index (κ2) is 9.42. The molecule has 0 saturated heterocycles. The number of imide groups is 1. The number of halogens is 1. The number of esters is 1. The Bertz CT molecular complexity index is 823. The Morgan fingerprint density at radius 2 is 1.85 bits per heavy atom. The summed E-state index contributed by atoms with van der Waals surface area (Å²) in [6.07, 6.45) is 0. The molecular weight excluding hydrogens is 381 g/mol. The zero-order valence-corrected chi connectivity index (χ0v) is 16.2. The van der Waals surface area contributed by atoms with Crippen molar-refractivity contribution in [2.24, 2.45) is 5.92 Å². The highest BCUT2D eigenvalue weighted by molar-refractivity contribution is 7.89. The number of nitrogens with one attached hydrogen (secondary N) is 2. The molecule has 1 aromatic rings. The summed E-state index contributed by atoms with van der Waals surface area (Å²) in [6, 6.07) is 1.88. The van der Waals surface area contributed by atoms with E-state index in [2.05, 4.69) is 10.1 Å². The van der Waals surface area contributed by atoms with Crippen LogP contribution in [0.15, 0.2) is 23.1 Å². The third-order valence-electron chi connectivity index (χ3n) is 3.19. The van der Waals surface area contributed by atoms with E-state index in [-0.39, 0.29) is 10.8 Å². The topological polar surface area (TPSA) is 122 Å². The van der Waals surface area contributed by atoms with E-state index in [1.54, 1.807) is 0 Å². The summed E-state index contributed by atoms with van der Waals surface area (Å²) in [4.78, 5) is 34.7. The number of hydrogen-bond donors (Lipinski definition) is 2. The number of carbonyl (C=O) groups excluding carboxylic acids is 3. The predicted octanol–water partition coefficient (Wildman–Crippen LogP) is 0.715. The van der Waals surface area contributed by atoms with Gasteiger partial charge in [0.1, 0.15) is 5.82 Å². The molecule has 0 aliphatic carbocycles. The van der Waals surface area contributed by atoms with Crippen LogP contribution in [0.4, 0.5) is 9.18 Å². The van der Waals surface area contributed by atoms with Crippen molar-refractivity contribution in [3.63, 3.8) is 0 Å². The molecule has 3 amide bonds. The number of benzene rings is 1. The van der Waals surface area contributed by atoms with Crippen molar-refractivity contribution >= 4 is 27.9 Å². The first-order chi connectivity index (χ1) is 12.4. The average Bonchev–Trinajstić information content (AvgIpc) is 2.57. The van der Waals surface area contributed by atoms with Crippen LogP contribution in [0.3, 0.4) is 0 Å². The largest absolute Gasteiger partial charge is 0.452 e. The van der Waals surface area contributed by atoms with Crippen LogP contribution in [0.5, 0.6) is 0 Å². The minimum absolute atomic E-state index is 0.178. The van der Waals surface area contributed by atoms with Crippen LogP contribution in [0.1, 0.15) is 24.2 Å². The first kappa shape index (κ1) is 22.5. The van der Waals surface area contributed by atoms with E-state index in [1.807, 2.05) is 19.2 Å². The molecule has 0 aliphatic heterocycles. The molecule has 0 atom stereocenters. The Hall–Kier alpha value is -2.53. The molecule has 27 heavy (non-hydrogen) atoms. The van der Waals surface area contributed by atoms with Gasteiger partial charge in [-0.2, -0.15) is 0 Å². The third-order valence-corrected chi connectivity index (χ3v) is 5.01. The maximum atomic E-state index is 13.8. The summed E-state index contributed by atoms with van der Waals surface area (Å²) >= 11 is 0. The van der Waals surface area contributed by atoms with Crippen molar-refractivity contribution in [3.8, 4) is 0 Å². The van der Waals surface area contributed by atoms with Crippen LogP contribution < -0.4 is 10.6 Å². The highest BCUT2D eigenvalue weighted by Gasteiger charge is 2.22. The fourth-order valence-corrected chi connectivity index (χ4v) is 2.67. The van der Waals surface area contributed by atoms with E-state index in [4.69, 9.17) is 0 Å². The lowest BCUT2D eigenvalue weighted by Crippen LogP contribution is -2.42. The number of nitrogens with zero attached hydrogens (tertiary/aromatic N) is 1. The minimum atomic E-state index is -3.88. The fraction of sp³-hybridized carbons (Fsp3) is 0.438. The first-order valence-corrected chi connectivity index (χ1v) is 9.36. The zero-order valence-electron chi connectivity index (χ0n) is 15.4. The van der Waals surface area contributed by atoms with Crippen LogP contribution >= 0.6 is 0 Å². The lowest BCUT2D eigenvalue weighted by atomic mass is 10.2. The molecule has 0 saturated carbocycles. The number of sulfonamides is 1. The Morgan fingerprint density at radius 3 is 2.41 bits per heavy atom. The maximum Gasteiger partial charge on any atom is 0.341 e. The highest BCUT2D eigenvalue weighted by Crippen LogP contribution is 2.18. The molecule has 0 bridgehead atoms. The van der Waals surface area contributed by atoms with E-state index >= 15 is 0 Å². The molecule has 0 aromatic heterocycles. The van der Waals surface area contributed by atoms with Gasteiger partial charge in [-0.25, -0.2) is 26.7 Å². The molecular formula is C16H22FN3O6S. The normalized spacial score (nSPS) is 11.4. The molecule has 11 heteroatoms. The van der Waals surface area contributed by atoms with E-state index in [9.17, 15) is 27.2 Å². The summed E-state index contributed by atoms with van der Waals surface area (Å²) in [5.74, 6) is -2.98. The number of rotatable bonds is 7. The van der Waals surface area contributed by atoms with Gasteiger partial charge in [0, 0.05) is 20.6 Å². The Morgan fingerprint density at radius 1 is 1.22 bits per heavy atom. The lowest BCUT2D eigenvalue weighted by Gasteiger charge is -2.12. The third kappa shape index (κ3) is 6.61. The Balaban J connectivity index is 2.75. The van der Waals surface area contributed by atoms with Crippen molar-refractivity contribution in [3.05, 3.63) is 29.6 Å². The minimum Gasteiger partial charge on any atom is -0.452 e. The molecule has 1 aromatic carbocycles. The van der Waals surface area contributed by atoms with Crippen molar-refractivity contribution in [2.45, 2.75) is 18.7 Å². The van der Waals surface area contributed by atoms with E-state index in [1.165, 1.54) is 14.1 Å². The van der Waals surface area contributed by atoms with Gasteiger partial charge in [0.2, 0.25) is 10.0 Å². The van der Waals surface area contributed by atoms with Crippen LogP contribution in [0.25, 0.3) is 0 Å². The van der Waals surface area contributed by atoms with Crippen molar-refractivity contribution in [1.29, 1.82) is 0 Å². The van der Waals surface area contributed by atoms with Crippen LogP contribution in [-0.4, -0.2) is 57.9 Å². The second-order valence-electron chi connectivity index (χ2n) is 6.16. The fourth-order valence-electron chi connectivity index (χ4n) is 1.74. The Labute approximate surface area is 156 Å². The van der Waals surface area contributed by atoms with Crippen LogP contribution in [0.2, 0.25) is 0 Å². The SMILES string of the molecule is CC(C)CNC(=O)NC(=O)COC(=O)c1cc(S(=O)(=O)N(C)C)ccc1F. The van der Waals surface area contributed by atoms with Gasteiger partial charge < -0.3 is 10.1 Å². The molecule has 9 nitrogen and oxygen atoms in total. The van der Waals surface area contributed by atoms with Gasteiger partial charge in [-0.15, -0.1) is 0 Å². The van der Waals surface area contributed by atoms with Gasteiger partial charge >= 0.3 is 12.0 Å². The molecule has 1 rings (SSSR count). The molecule has 2 N–H and O–H groups in total. The zero-order chi connectivity index (χ0) is 20.8.